The molecule has 0 unspecified atom stereocenters. The molecule has 0 bridgehead atoms. The van der Waals surface area contributed by atoms with E-state index in [9.17, 15) is 9.59 Å². The average molecular weight is 389 g/mol. The van der Waals surface area contributed by atoms with Crippen molar-refractivity contribution in [2.45, 2.75) is 6.92 Å². The Morgan fingerprint density at radius 2 is 1.55 bits per heavy atom. The summed E-state index contributed by atoms with van der Waals surface area (Å²) in [5, 5.41) is 2.84. The molecule has 3 aromatic carbocycles. The first-order valence-corrected chi connectivity index (χ1v) is 9.49. The van der Waals surface area contributed by atoms with E-state index in [1.165, 1.54) is 0 Å². The van der Waals surface area contributed by atoms with E-state index < -0.39 is 0 Å². The number of hydrogen-bond acceptors (Lipinski definition) is 4. The number of carbonyl (C=O) groups excluding carboxylic acids is 2. The minimum absolute atomic E-state index is 0.0960. The molecule has 0 heterocycles. The largest absolute Gasteiger partial charge is 0.490 e. The number of para-hydroxylation sites is 1. The maximum atomic E-state index is 12.8. The van der Waals surface area contributed by atoms with Gasteiger partial charge in [0.1, 0.15) is 12.4 Å². The first kappa shape index (κ1) is 20.3. The molecule has 3 aromatic rings. The molecule has 1 amide bonds. The third kappa shape index (κ3) is 5.53. The van der Waals surface area contributed by atoms with E-state index in [-0.39, 0.29) is 11.7 Å². The zero-order chi connectivity index (χ0) is 20.5. The fraction of sp³-hybridized carbons (Fsp3) is 0.167. The predicted molar refractivity (Wildman–Crippen MR) is 113 cm³/mol. The van der Waals surface area contributed by atoms with E-state index >= 15 is 0 Å². The van der Waals surface area contributed by atoms with Gasteiger partial charge in [-0.1, -0.05) is 54.6 Å². The van der Waals surface area contributed by atoms with Crippen molar-refractivity contribution in [2.75, 3.05) is 25.1 Å². The third-order valence-electron chi connectivity index (χ3n) is 4.24. The van der Waals surface area contributed by atoms with E-state index in [1.54, 1.807) is 54.6 Å². The summed E-state index contributed by atoms with van der Waals surface area (Å²) in [6, 6.07) is 23.0. The SMILES string of the molecule is CCOCCOc1ccccc1C(=O)Nc1cccc(C(=O)c2ccccc2)c1. The number of rotatable bonds is 9. The number of hydrogen-bond donors (Lipinski definition) is 1. The summed E-state index contributed by atoms with van der Waals surface area (Å²) in [4.78, 5) is 25.4. The second kappa shape index (κ2) is 10.2. The molecule has 0 saturated carbocycles. The van der Waals surface area contributed by atoms with Crippen LogP contribution in [0.3, 0.4) is 0 Å². The highest BCUT2D eigenvalue weighted by atomic mass is 16.5. The van der Waals surface area contributed by atoms with Crippen molar-refractivity contribution in [2.24, 2.45) is 0 Å². The van der Waals surface area contributed by atoms with Crippen molar-refractivity contribution in [1.82, 2.24) is 0 Å². The van der Waals surface area contributed by atoms with Gasteiger partial charge in [0, 0.05) is 23.4 Å². The lowest BCUT2D eigenvalue weighted by molar-refractivity contribution is 0.0996. The first-order valence-electron chi connectivity index (χ1n) is 9.49. The highest BCUT2D eigenvalue weighted by molar-refractivity contribution is 6.10. The Balaban J connectivity index is 1.72. The molecular formula is C24H23NO4. The lowest BCUT2D eigenvalue weighted by Crippen LogP contribution is -2.15. The summed E-state index contributed by atoms with van der Waals surface area (Å²) in [6.45, 7) is 3.34. The van der Waals surface area contributed by atoms with Gasteiger partial charge in [-0.25, -0.2) is 0 Å². The Morgan fingerprint density at radius 3 is 2.34 bits per heavy atom. The zero-order valence-electron chi connectivity index (χ0n) is 16.3. The highest BCUT2D eigenvalue weighted by Crippen LogP contribution is 2.21. The maximum absolute atomic E-state index is 12.8. The van der Waals surface area contributed by atoms with Crippen molar-refractivity contribution in [3.63, 3.8) is 0 Å². The molecule has 3 rings (SSSR count). The van der Waals surface area contributed by atoms with Crippen LogP contribution in [0.4, 0.5) is 5.69 Å². The molecule has 5 heteroatoms. The Labute approximate surface area is 170 Å². The van der Waals surface area contributed by atoms with Gasteiger partial charge in [-0.3, -0.25) is 9.59 Å². The van der Waals surface area contributed by atoms with Crippen LogP contribution in [0.5, 0.6) is 5.75 Å². The minimum Gasteiger partial charge on any atom is -0.490 e. The number of amides is 1. The average Bonchev–Trinajstić information content (AvgIpc) is 2.77. The molecule has 29 heavy (non-hydrogen) atoms. The first-order chi connectivity index (χ1) is 14.2. The molecule has 0 radical (unpaired) electrons. The van der Waals surface area contributed by atoms with Crippen molar-refractivity contribution in [1.29, 1.82) is 0 Å². The molecule has 0 aliphatic heterocycles. The van der Waals surface area contributed by atoms with Gasteiger partial charge in [-0.2, -0.15) is 0 Å². The lowest BCUT2D eigenvalue weighted by Gasteiger charge is -2.12. The van der Waals surface area contributed by atoms with Crippen LogP contribution in [-0.2, 0) is 4.74 Å². The van der Waals surface area contributed by atoms with E-state index in [1.807, 2.05) is 31.2 Å². The molecule has 1 N–H and O–H groups in total. The van der Waals surface area contributed by atoms with E-state index in [0.29, 0.717) is 47.9 Å². The molecule has 0 aliphatic rings. The van der Waals surface area contributed by atoms with Crippen LogP contribution < -0.4 is 10.1 Å². The molecule has 0 aromatic heterocycles. The summed E-state index contributed by atoms with van der Waals surface area (Å²) < 4.78 is 10.9. The van der Waals surface area contributed by atoms with Crippen molar-refractivity contribution in [3.8, 4) is 5.75 Å². The minimum atomic E-state index is -0.304. The van der Waals surface area contributed by atoms with Gasteiger partial charge in [0.25, 0.3) is 5.91 Å². The molecule has 0 fully saturated rings. The summed E-state index contributed by atoms with van der Waals surface area (Å²) in [6.07, 6.45) is 0. The molecule has 5 nitrogen and oxygen atoms in total. The van der Waals surface area contributed by atoms with Crippen LogP contribution in [0.15, 0.2) is 78.9 Å². The van der Waals surface area contributed by atoms with E-state index in [4.69, 9.17) is 9.47 Å². The number of benzene rings is 3. The van der Waals surface area contributed by atoms with Crippen molar-refractivity contribution >= 4 is 17.4 Å². The summed E-state index contributed by atoms with van der Waals surface area (Å²) in [5.74, 6) is 0.0869. The summed E-state index contributed by atoms with van der Waals surface area (Å²) >= 11 is 0. The van der Waals surface area contributed by atoms with Crippen LogP contribution in [0.2, 0.25) is 0 Å². The fourth-order valence-electron chi connectivity index (χ4n) is 2.83. The number of nitrogens with one attached hydrogen (secondary N) is 1. The lowest BCUT2D eigenvalue weighted by atomic mass is 10.0. The predicted octanol–water partition coefficient (Wildman–Crippen LogP) is 4.59. The maximum Gasteiger partial charge on any atom is 0.259 e. The summed E-state index contributed by atoms with van der Waals surface area (Å²) in [5.41, 5.74) is 2.07. The van der Waals surface area contributed by atoms with E-state index in [2.05, 4.69) is 5.32 Å². The number of ether oxygens (including phenoxy) is 2. The number of carbonyl (C=O) groups is 2. The molecule has 0 atom stereocenters. The zero-order valence-corrected chi connectivity index (χ0v) is 16.3. The smallest absolute Gasteiger partial charge is 0.259 e. The quantitative estimate of drug-likeness (QED) is 0.430. The van der Waals surface area contributed by atoms with Gasteiger partial charge >= 0.3 is 0 Å². The molecule has 0 saturated heterocycles. The normalized spacial score (nSPS) is 10.4. The van der Waals surface area contributed by atoms with Crippen LogP contribution in [-0.4, -0.2) is 31.5 Å². The molecular weight excluding hydrogens is 366 g/mol. The van der Waals surface area contributed by atoms with Gasteiger partial charge in [-0.05, 0) is 31.2 Å². The number of anilines is 1. The van der Waals surface area contributed by atoms with Crippen LogP contribution >= 0.6 is 0 Å². The Bertz CT molecular complexity index is 969. The van der Waals surface area contributed by atoms with Gasteiger partial charge in [0.05, 0.1) is 12.2 Å². The molecule has 148 valence electrons. The van der Waals surface area contributed by atoms with Crippen molar-refractivity contribution < 1.29 is 19.1 Å². The Hall–Kier alpha value is -3.44. The van der Waals surface area contributed by atoms with Crippen molar-refractivity contribution in [3.05, 3.63) is 95.6 Å². The van der Waals surface area contributed by atoms with Gasteiger partial charge in [-0.15, -0.1) is 0 Å². The Morgan fingerprint density at radius 1 is 0.828 bits per heavy atom. The van der Waals surface area contributed by atoms with Gasteiger partial charge in [0.15, 0.2) is 5.78 Å². The highest BCUT2D eigenvalue weighted by Gasteiger charge is 2.14. The fourth-order valence-corrected chi connectivity index (χ4v) is 2.83. The second-order valence-corrected chi connectivity index (χ2v) is 6.27. The molecule has 0 spiro atoms. The third-order valence-corrected chi connectivity index (χ3v) is 4.24. The topological polar surface area (TPSA) is 64.6 Å². The van der Waals surface area contributed by atoms with Crippen LogP contribution in [0.25, 0.3) is 0 Å². The van der Waals surface area contributed by atoms with E-state index in [0.717, 1.165) is 0 Å². The monoisotopic (exact) mass is 389 g/mol. The Kier molecular flexibility index (Phi) is 7.14. The second-order valence-electron chi connectivity index (χ2n) is 6.27. The van der Waals surface area contributed by atoms with Gasteiger partial charge < -0.3 is 14.8 Å². The molecule has 0 aliphatic carbocycles. The number of ketones is 1. The van der Waals surface area contributed by atoms with Gasteiger partial charge in [0.2, 0.25) is 0 Å². The summed E-state index contributed by atoms with van der Waals surface area (Å²) in [7, 11) is 0. The van der Waals surface area contributed by atoms with Crippen LogP contribution in [0, 0.1) is 0 Å². The standard InChI is InChI=1S/C24H23NO4/c1-2-28-15-16-29-22-14-7-6-13-21(22)24(27)25-20-12-8-11-19(17-20)23(26)18-9-4-3-5-10-18/h3-14,17H,2,15-16H2,1H3,(H,25,27). The van der Waals surface area contributed by atoms with Crippen LogP contribution in [0.1, 0.15) is 33.2 Å².